The van der Waals surface area contributed by atoms with E-state index in [9.17, 15) is 4.39 Å². The highest BCUT2D eigenvalue weighted by atomic mass is 35.5. The average Bonchev–Trinajstić information content (AvgIpc) is 2.36. The molecule has 1 atom stereocenters. The number of hydrogen-bond donors (Lipinski definition) is 2. The molecule has 0 bridgehead atoms. The molecule has 1 aromatic heterocycles. The molecule has 0 aliphatic heterocycles. The Balaban J connectivity index is 2.52. The number of rotatable bonds is 3. The minimum Gasteiger partial charge on any atom is -0.271 e. The van der Waals surface area contributed by atoms with Crippen LogP contribution in [0.15, 0.2) is 36.5 Å². The number of nitrogens with two attached hydrogens (primary N) is 1. The smallest absolute Gasteiger partial charge is 0.146 e. The molecule has 1 aromatic carbocycles. The molecule has 3 N–H and O–H groups in total. The van der Waals surface area contributed by atoms with Gasteiger partial charge in [0.25, 0.3) is 0 Å². The van der Waals surface area contributed by atoms with E-state index in [1.54, 1.807) is 18.2 Å². The molecule has 0 spiro atoms. The lowest BCUT2D eigenvalue weighted by Crippen LogP contribution is -2.30. The largest absolute Gasteiger partial charge is 0.271 e. The van der Waals surface area contributed by atoms with Crippen molar-refractivity contribution in [2.45, 2.75) is 6.04 Å². The van der Waals surface area contributed by atoms with Gasteiger partial charge in [0.05, 0.1) is 11.7 Å². The van der Waals surface area contributed by atoms with E-state index in [0.717, 1.165) is 0 Å². The number of nitrogens with zero attached hydrogens (tertiary/aromatic N) is 1. The van der Waals surface area contributed by atoms with Crippen molar-refractivity contribution >= 4 is 23.2 Å². The lowest BCUT2D eigenvalue weighted by molar-refractivity contribution is 0.544. The van der Waals surface area contributed by atoms with Crippen LogP contribution in [-0.4, -0.2) is 4.98 Å². The van der Waals surface area contributed by atoms with Crippen molar-refractivity contribution in [1.29, 1.82) is 0 Å². The van der Waals surface area contributed by atoms with E-state index in [1.807, 2.05) is 0 Å². The van der Waals surface area contributed by atoms with Gasteiger partial charge >= 0.3 is 0 Å². The minimum atomic E-state index is -0.655. The van der Waals surface area contributed by atoms with Crippen molar-refractivity contribution < 1.29 is 4.39 Å². The number of benzene rings is 1. The van der Waals surface area contributed by atoms with Gasteiger partial charge < -0.3 is 0 Å². The molecule has 0 radical (unpaired) electrons. The molecule has 0 aliphatic rings. The number of aromatic nitrogens is 1. The summed E-state index contributed by atoms with van der Waals surface area (Å²) in [5.74, 6) is 5.00. The number of hydrazine groups is 1. The van der Waals surface area contributed by atoms with Gasteiger partial charge in [-0.15, -0.1) is 0 Å². The highest BCUT2D eigenvalue weighted by Gasteiger charge is 2.20. The number of nitrogens with one attached hydrogen (secondary N) is 1. The maximum absolute atomic E-state index is 13.7. The second kappa shape index (κ2) is 5.63. The summed E-state index contributed by atoms with van der Waals surface area (Å²) in [4.78, 5) is 3.98. The average molecular weight is 286 g/mol. The number of hydrogen-bond acceptors (Lipinski definition) is 3. The normalized spacial score (nSPS) is 12.4. The molecule has 2 aromatic rings. The highest BCUT2D eigenvalue weighted by Crippen LogP contribution is 2.30. The first-order valence-electron chi connectivity index (χ1n) is 5.15. The van der Waals surface area contributed by atoms with Crippen molar-refractivity contribution in [3.8, 4) is 0 Å². The Morgan fingerprint density at radius 1 is 1.28 bits per heavy atom. The lowest BCUT2D eigenvalue weighted by atomic mass is 10.0. The molecule has 1 unspecified atom stereocenters. The summed E-state index contributed by atoms with van der Waals surface area (Å²) >= 11 is 12.0. The molecular formula is C12H10Cl2FN3. The van der Waals surface area contributed by atoms with Crippen molar-refractivity contribution in [2.24, 2.45) is 5.84 Å². The molecule has 0 amide bonds. The summed E-state index contributed by atoms with van der Waals surface area (Å²) in [6, 6.07) is 7.07. The van der Waals surface area contributed by atoms with Crippen LogP contribution in [0, 0.1) is 5.82 Å². The Labute approximate surface area is 114 Å². The van der Waals surface area contributed by atoms with Crippen molar-refractivity contribution in [1.82, 2.24) is 10.4 Å². The molecule has 2 rings (SSSR count). The third kappa shape index (κ3) is 2.62. The standard InChI is InChI=1S/C12H10Cl2FN3/c13-7-3-4-9(14)8(6-7)11(18-16)12-10(15)2-1-5-17-12/h1-6,11,18H,16H2. The van der Waals surface area contributed by atoms with Gasteiger partial charge in [-0.2, -0.15) is 0 Å². The molecule has 1 heterocycles. The first-order valence-corrected chi connectivity index (χ1v) is 5.90. The van der Waals surface area contributed by atoms with E-state index in [2.05, 4.69) is 10.4 Å². The van der Waals surface area contributed by atoms with E-state index >= 15 is 0 Å². The zero-order valence-electron chi connectivity index (χ0n) is 9.20. The fourth-order valence-corrected chi connectivity index (χ4v) is 2.07. The fraction of sp³-hybridized carbons (Fsp3) is 0.0833. The third-order valence-corrected chi connectivity index (χ3v) is 3.08. The van der Waals surface area contributed by atoms with Crippen LogP contribution in [0.2, 0.25) is 10.0 Å². The van der Waals surface area contributed by atoms with E-state index in [1.165, 1.54) is 18.3 Å². The van der Waals surface area contributed by atoms with Gasteiger partial charge in [0.1, 0.15) is 5.82 Å². The van der Waals surface area contributed by atoms with Crippen LogP contribution >= 0.6 is 23.2 Å². The van der Waals surface area contributed by atoms with E-state index in [-0.39, 0.29) is 5.69 Å². The summed E-state index contributed by atoms with van der Waals surface area (Å²) in [7, 11) is 0. The number of halogens is 3. The lowest BCUT2D eigenvalue weighted by Gasteiger charge is -2.17. The van der Waals surface area contributed by atoms with Crippen LogP contribution < -0.4 is 11.3 Å². The molecule has 0 aliphatic carbocycles. The molecule has 3 nitrogen and oxygen atoms in total. The summed E-state index contributed by atoms with van der Waals surface area (Å²) in [6.07, 6.45) is 1.49. The summed E-state index contributed by atoms with van der Waals surface area (Å²) in [6.45, 7) is 0. The van der Waals surface area contributed by atoms with Gasteiger partial charge in [0, 0.05) is 16.2 Å². The third-order valence-electron chi connectivity index (χ3n) is 2.50. The quantitative estimate of drug-likeness (QED) is 0.673. The molecule has 94 valence electrons. The predicted octanol–water partition coefficient (Wildman–Crippen LogP) is 3.08. The van der Waals surface area contributed by atoms with Gasteiger partial charge in [-0.3, -0.25) is 10.8 Å². The molecule has 0 fully saturated rings. The van der Waals surface area contributed by atoms with Crippen LogP contribution in [0.3, 0.4) is 0 Å². The fourth-order valence-electron chi connectivity index (χ4n) is 1.66. The van der Waals surface area contributed by atoms with Crippen molar-refractivity contribution in [3.05, 3.63) is 63.6 Å². The Bertz CT molecular complexity index is 563. The predicted molar refractivity (Wildman–Crippen MR) is 69.8 cm³/mol. The van der Waals surface area contributed by atoms with Crippen LogP contribution in [0.5, 0.6) is 0 Å². The Morgan fingerprint density at radius 3 is 2.72 bits per heavy atom. The van der Waals surface area contributed by atoms with Gasteiger partial charge in [0.2, 0.25) is 0 Å². The first-order chi connectivity index (χ1) is 8.63. The second-order valence-corrected chi connectivity index (χ2v) is 4.48. The SMILES string of the molecule is NNC(c1cc(Cl)ccc1Cl)c1ncccc1F. The van der Waals surface area contributed by atoms with Crippen molar-refractivity contribution in [2.75, 3.05) is 0 Å². The van der Waals surface area contributed by atoms with E-state index in [4.69, 9.17) is 29.0 Å². The van der Waals surface area contributed by atoms with E-state index < -0.39 is 11.9 Å². The Morgan fingerprint density at radius 2 is 2.06 bits per heavy atom. The van der Waals surface area contributed by atoms with Crippen LogP contribution in [0.25, 0.3) is 0 Å². The zero-order valence-corrected chi connectivity index (χ0v) is 10.7. The first kappa shape index (κ1) is 13.2. The van der Waals surface area contributed by atoms with Gasteiger partial charge in [0.15, 0.2) is 0 Å². The highest BCUT2D eigenvalue weighted by molar-refractivity contribution is 6.33. The maximum Gasteiger partial charge on any atom is 0.146 e. The summed E-state index contributed by atoms with van der Waals surface area (Å²) < 4.78 is 13.7. The Kier molecular flexibility index (Phi) is 4.14. The van der Waals surface area contributed by atoms with Gasteiger partial charge in [-0.05, 0) is 35.9 Å². The molecule has 6 heteroatoms. The maximum atomic E-state index is 13.7. The molecule has 0 saturated carbocycles. The van der Waals surface area contributed by atoms with Crippen LogP contribution in [-0.2, 0) is 0 Å². The van der Waals surface area contributed by atoms with Crippen LogP contribution in [0.1, 0.15) is 17.3 Å². The minimum absolute atomic E-state index is 0.171. The summed E-state index contributed by atoms with van der Waals surface area (Å²) in [5.41, 5.74) is 3.24. The monoisotopic (exact) mass is 285 g/mol. The number of pyridine rings is 1. The second-order valence-electron chi connectivity index (χ2n) is 3.64. The molecule has 0 saturated heterocycles. The Hall–Kier alpha value is -1.20. The van der Waals surface area contributed by atoms with E-state index in [0.29, 0.717) is 15.6 Å². The van der Waals surface area contributed by atoms with Crippen LogP contribution in [0.4, 0.5) is 4.39 Å². The van der Waals surface area contributed by atoms with Gasteiger partial charge in [-0.1, -0.05) is 23.2 Å². The van der Waals surface area contributed by atoms with Crippen molar-refractivity contribution in [3.63, 3.8) is 0 Å². The summed E-state index contributed by atoms with van der Waals surface area (Å²) in [5, 5.41) is 0.929. The topological polar surface area (TPSA) is 50.9 Å². The zero-order chi connectivity index (χ0) is 13.1. The molecule has 18 heavy (non-hydrogen) atoms. The molecular weight excluding hydrogens is 276 g/mol. The van der Waals surface area contributed by atoms with Gasteiger partial charge in [-0.25, -0.2) is 9.82 Å².